The van der Waals surface area contributed by atoms with E-state index >= 15 is 0 Å². The van der Waals surface area contributed by atoms with Crippen molar-refractivity contribution in [2.75, 3.05) is 7.11 Å². The highest BCUT2D eigenvalue weighted by Gasteiger charge is 2.08. The van der Waals surface area contributed by atoms with Crippen LogP contribution in [0.1, 0.15) is 21.5 Å². The first-order valence-electron chi connectivity index (χ1n) is 5.77. The van der Waals surface area contributed by atoms with Gasteiger partial charge in [0.05, 0.1) is 13.3 Å². The van der Waals surface area contributed by atoms with Crippen molar-refractivity contribution in [1.29, 1.82) is 0 Å². The van der Waals surface area contributed by atoms with Gasteiger partial charge in [-0.15, -0.1) is 0 Å². The van der Waals surface area contributed by atoms with Crippen molar-refractivity contribution in [3.8, 4) is 5.75 Å². The summed E-state index contributed by atoms with van der Waals surface area (Å²) in [6, 6.07) is 9.67. The molecule has 18 heavy (non-hydrogen) atoms. The minimum Gasteiger partial charge on any atom is -0.495 e. The number of carbonyl (C=O) groups excluding carboxylic acids is 1. The summed E-state index contributed by atoms with van der Waals surface area (Å²) in [5.74, 6) is 0.648. The number of aryl methyl sites for hydroxylation is 1. The third kappa shape index (κ3) is 2.94. The summed E-state index contributed by atoms with van der Waals surface area (Å²) in [5, 5.41) is 0. The molecule has 0 spiro atoms. The van der Waals surface area contributed by atoms with Gasteiger partial charge in [-0.2, -0.15) is 0 Å². The quantitative estimate of drug-likeness (QED) is 0.773. The molecule has 0 aliphatic rings. The second kappa shape index (κ2) is 5.45. The van der Waals surface area contributed by atoms with Crippen molar-refractivity contribution < 1.29 is 9.53 Å². The molecule has 0 fully saturated rings. The number of hydrogen-bond acceptors (Lipinski definition) is 3. The van der Waals surface area contributed by atoms with Gasteiger partial charge in [-0.1, -0.05) is 29.8 Å². The molecular formula is C15H15NO2. The molecule has 0 amide bonds. The van der Waals surface area contributed by atoms with Crippen LogP contribution in [0.4, 0.5) is 0 Å². The Morgan fingerprint density at radius 2 is 1.94 bits per heavy atom. The van der Waals surface area contributed by atoms with E-state index in [2.05, 4.69) is 4.98 Å². The molecule has 3 heteroatoms. The first kappa shape index (κ1) is 12.3. The normalized spacial score (nSPS) is 10.1. The molecule has 0 aliphatic carbocycles. The van der Waals surface area contributed by atoms with Gasteiger partial charge in [0, 0.05) is 18.2 Å². The maximum Gasteiger partial charge on any atom is 0.168 e. The molecule has 92 valence electrons. The van der Waals surface area contributed by atoms with Gasteiger partial charge in [-0.3, -0.25) is 9.78 Å². The van der Waals surface area contributed by atoms with Crippen molar-refractivity contribution in [3.63, 3.8) is 0 Å². The van der Waals surface area contributed by atoms with Crippen molar-refractivity contribution in [2.24, 2.45) is 0 Å². The number of hydrogen-bond donors (Lipinski definition) is 0. The van der Waals surface area contributed by atoms with E-state index < -0.39 is 0 Å². The van der Waals surface area contributed by atoms with Gasteiger partial charge >= 0.3 is 0 Å². The number of Topliss-reactive ketones (excluding diaryl/α,β-unsaturated/α-hetero) is 1. The summed E-state index contributed by atoms with van der Waals surface area (Å²) < 4.78 is 5.06. The molecule has 0 atom stereocenters. The van der Waals surface area contributed by atoms with Gasteiger partial charge in [0.1, 0.15) is 5.75 Å². The van der Waals surface area contributed by atoms with Crippen LogP contribution in [0.25, 0.3) is 0 Å². The highest BCUT2D eigenvalue weighted by molar-refractivity contribution is 5.97. The van der Waals surface area contributed by atoms with Crippen LogP contribution in [0.5, 0.6) is 5.75 Å². The van der Waals surface area contributed by atoms with Gasteiger partial charge < -0.3 is 4.74 Å². The molecule has 0 N–H and O–H groups in total. The molecule has 0 saturated carbocycles. The summed E-state index contributed by atoms with van der Waals surface area (Å²) in [4.78, 5) is 16.1. The highest BCUT2D eigenvalue weighted by Crippen LogP contribution is 2.13. The minimum absolute atomic E-state index is 0.0465. The van der Waals surface area contributed by atoms with E-state index in [9.17, 15) is 4.79 Å². The number of aromatic nitrogens is 1. The first-order valence-corrected chi connectivity index (χ1v) is 5.77. The van der Waals surface area contributed by atoms with Crippen LogP contribution in [-0.2, 0) is 6.42 Å². The molecule has 1 aromatic carbocycles. The molecule has 2 rings (SSSR count). The maximum atomic E-state index is 12.1. The van der Waals surface area contributed by atoms with E-state index in [0.717, 1.165) is 5.56 Å². The van der Waals surface area contributed by atoms with Gasteiger partial charge in [-0.05, 0) is 18.6 Å². The highest BCUT2D eigenvalue weighted by atomic mass is 16.5. The predicted octanol–water partition coefficient (Wildman–Crippen LogP) is 2.82. The Labute approximate surface area is 106 Å². The number of methoxy groups -OCH3 is 1. The lowest BCUT2D eigenvalue weighted by molar-refractivity contribution is 0.0992. The van der Waals surface area contributed by atoms with Gasteiger partial charge in [0.2, 0.25) is 0 Å². The van der Waals surface area contributed by atoms with Crippen molar-refractivity contribution >= 4 is 5.78 Å². The average molecular weight is 241 g/mol. The Hall–Kier alpha value is -2.16. The Kier molecular flexibility index (Phi) is 3.72. The third-order valence-electron chi connectivity index (χ3n) is 2.76. The summed E-state index contributed by atoms with van der Waals surface area (Å²) in [5.41, 5.74) is 2.78. The lowest BCUT2D eigenvalue weighted by Crippen LogP contribution is -2.04. The van der Waals surface area contributed by atoms with Crippen molar-refractivity contribution in [3.05, 3.63) is 59.4 Å². The molecule has 0 bridgehead atoms. The van der Waals surface area contributed by atoms with Crippen LogP contribution in [0.15, 0.2) is 42.7 Å². The zero-order valence-electron chi connectivity index (χ0n) is 10.5. The van der Waals surface area contributed by atoms with E-state index in [0.29, 0.717) is 17.7 Å². The van der Waals surface area contributed by atoms with Gasteiger partial charge in [-0.25, -0.2) is 0 Å². The molecule has 0 unspecified atom stereocenters. The molecular weight excluding hydrogens is 226 g/mol. The van der Waals surface area contributed by atoms with Gasteiger partial charge in [0.25, 0.3) is 0 Å². The second-order valence-corrected chi connectivity index (χ2v) is 4.20. The average Bonchev–Trinajstić information content (AvgIpc) is 2.41. The monoisotopic (exact) mass is 241 g/mol. The lowest BCUT2D eigenvalue weighted by Gasteiger charge is -2.04. The first-order chi connectivity index (χ1) is 8.69. The van der Waals surface area contributed by atoms with Crippen molar-refractivity contribution in [2.45, 2.75) is 13.3 Å². The van der Waals surface area contributed by atoms with E-state index in [1.54, 1.807) is 25.6 Å². The van der Waals surface area contributed by atoms with Crippen LogP contribution < -0.4 is 4.74 Å². The van der Waals surface area contributed by atoms with Crippen LogP contribution in [-0.4, -0.2) is 17.9 Å². The predicted molar refractivity (Wildman–Crippen MR) is 70.0 cm³/mol. The van der Waals surface area contributed by atoms with Crippen LogP contribution >= 0.6 is 0 Å². The smallest absolute Gasteiger partial charge is 0.168 e. The fraction of sp³-hybridized carbons (Fsp3) is 0.200. The van der Waals surface area contributed by atoms with Crippen LogP contribution in [0, 0.1) is 6.92 Å². The number of rotatable bonds is 4. The molecule has 0 saturated heterocycles. The number of ether oxygens (including phenoxy) is 1. The summed E-state index contributed by atoms with van der Waals surface area (Å²) in [6.45, 7) is 2.03. The largest absolute Gasteiger partial charge is 0.495 e. The molecule has 0 radical (unpaired) electrons. The summed E-state index contributed by atoms with van der Waals surface area (Å²) in [7, 11) is 1.56. The zero-order chi connectivity index (χ0) is 13.0. The van der Waals surface area contributed by atoms with E-state index in [4.69, 9.17) is 4.74 Å². The molecule has 3 nitrogen and oxygen atoms in total. The standard InChI is InChI=1S/C15H15NO2/c1-11-3-5-12(6-4-11)7-15(17)13-8-14(18-2)10-16-9-13/h3-6,8-10H,7H2,1-2H3. The number of ketones is 1. The lowest BCUT2D eigenvalue weighted by atomic mass is 10.0. The third-order valence-corrected chi connectivity index (χ3v) is 2.76. The summed E-state index contributed by atoms with van der Waals surface area (Å²) in [6.07, 6.45) is 3.54. The second-order valence-electron chi connectivity index (χ2n) is 4.20. The molecule has 0 aliphatic heterocycles. The molecule has 2 aromatic rings. The number of nitrogens with zero attached hydrogens (tertiary/aromatic N) is 1. The van der Waals surface area contributed by atoms with Crippen molar-refractivity contribution in [1.82, 2.24) is 4.98 Å². The Balaban J connectivity index is 2.14. The fourth-order valence-electron chi connectivity index (χ4n) is 1.68. The minimum atomic E-state index is 0.0465. The maximum absolute atomic E-state index is 12.1. The molecule has 1 heterocycles. The summed E-state index contributed by atoms with van der Waals surface area (Å²) >= 11 is 0. The van der Waals surface area contributed by atoms with Gasteiger partial charge in [0.15, 0.2) is 5.78 Å². The Morgan fingerprint density at radius 1 is 1.22 bits per heavy atom. The Morgan fingerprint density at radius 3 is 2.61 bits per heavy atom. The van der Waals surface area contributed by atoms with Crippen LogP contribution in [0.2, 0.25) is 0 Å². The van der Waals surface area contributed by atoms with E-state index in [1.807, 2.05) is 31.2 Å². The van der Waals surface area contributed by atoms with Crippen LogP contribution in [0.3, 0.4) is 0 Å². The van der Waals surface area contributed by atoms with E-state index in [1.165, 1.54) is 5.56 Å². The molecule has 1 aromatic heterocycles. The number of pyridine rings is 1. The topological polar surface area (TPSA) is 39.2 Å². The number of benzene rings is 1. The van der Waals surface area contributed by atoms with E-state index in [-0.39, 0.29) is 5.78 Å². The Bertz CT molecular complexity index is 547. The number of carbonyl (C=O) groups is 1. The zero-order valence-corrected chi connectivity index (χ0v) is 10.5. The SMILES string of the molecule is COc1cncc(C(=O)Cc2ccc(C)cc2)c1. The fourth-order valence-corrected chi connectivity index (χ4v) is 1.68.